The van der Waals surface area contributed by atoms with Crippen LogP contribution in [-0.4, -0.2) is 24.9 Å². The van der Waals surface area contributed by atoms with Crippen molar-refractivity contribution in [3.63, 3.8) is 0 Å². The molecule has 2 aromatic carbocycles. The zero-order chi connectivity index (χ0) is 21.8. The summed E-state index contributed by atoms with van der Waals surface area (Å²) in [4.78, 5) is 9.04. The van der Waals surface area contributed by atoms with E-state index < -0.39 is 10.0 Å². The van der Waals surface area contributed by atoms with Gasteiger partial charge in [0.1, 0.15) is 17.5 Å². The molecule has 0 bridgehead atoms. The van der Waals surface area contributed by atoms with Gasteiger partial charge < -0.3 is 10.6 Å². The van der Waals surface area contributed by atoms with Crippen LogP contribution in [0.15, 0.2) is 53.4 Å². The van der Waals surface area contributed by atoms with E-state index >= 15 is 0 Å². The molecule has 0 saturated carbocycles. The number of rotatable bonds is 7. The first-order valence-electron chi connectivity index (χ1n) is 10.5. The van der Waals surface area contributed by atoms with Gasteiger partial charge in [0.05, 0.1) is 4.90 Å². The largest absolute Gasteiger partial charge is 0.370 e. The number of hydrogen-bond acceptors (Lipinski definition) is 6. The van der Waals surface area contributed by atoms with Crippen LogP contribution in [0.3, 0.4) is 0 Å². The van der Waals surface area contributed by atoms with Crippen LogP contribution in [0.2, 0.25) is 0 Å². The Morgan fingerprint density at radius 1 is 0.871 bits per heavy atom. The second kappa shape index (κ2) is 8.93. The Balaban J connectivity index is 1.47. The molecule has 0 spiro atoms. The molecule has 7 nitrogen and oxygen atoms in total. The molecule has 162 valence electrons. The highest BCUT2D eigenvalue weighted by atomic mass is 32.2. The third-order valence-electron chi connectivity index (χ3n) is 5.24. The first-order chi connectivity index (χ1) is 14.9. The highest BCUT2D eigenvalue weighted by molar-refractivity contribution is 7.92. The SMILES string of the molecule is CCNc1cc(Nc2ccc(NS(=O)(=O)c3ccc4c(c3)CCCC4)cc2)nc(C)n1. The third-order valence-corrected chi connectivity index (χ3v) is 6.61. The van der Waals surface area contributed by atoms with E-state index in [1.807, 2.05) is 44.2 Å². The summed E-state index contributed by atoms with van der Waals surface area (Å²) in [5, 5.41) is 6.41. The Morgan fingerprint density at radius 2 is 1.55 bits per heavy atom. The van der Waals surface area contributed by atoms with Crippen molar-refractivity contribution in [2.24, 2.45) is 0 Å². The van der Waals surface area contributed by atoms with E-state index in [2.05, 4.69) is 25.3 Å². The lowest BCUT2D eigenvalue weighted by molar-refractivity contribution is 0.600. The summed E-state index contributed by atoms with van der Waals surface area (Å²) < 4.78 is 28.4. The summed E-state index contributed by atoms with van der Waals surface area (Å²) in [7, 11) is -3.64. The molecule has 3 N–H and O–H groups in total. The van der Waals surface area contributed by atoms with Gasteiger partial charge in [0.2, 0.25) is 0 Å². The molecular weight excluding hydrogens is 410 g/mol. The zero-order valence-corrected chi connectivity index (χ0v) is 18.6. The minimum absolute atomic E-state index is 0.308. The van der Waals surface area contributed by atoms with Crippen molar-refractivity contribution in [1.29, 1.82) is 0 Å². The van der Waals surface area contributed by atoms with Crippen LogP contribution >= 0.6 is 0 Å². The standard InChI is InChI=1S/C23H27N5O2S/c1-3-24-22-15-23(26-16(2)25-22)27-19-9-11-20(12-10-19)28-31(29,30)21-13-8-17-6-4-5-7-18(17)14-21/h8-15,28H,3-7H2,1-2H3,(H2,24,25,26,27). The summed E-state index contributed by atoms with van der Waals surface area (Å²) in [6.07, 6.45) is 4.25. The van der Waals surface area contributed by atoms with Crippen molar-refractivity contribution in [3.05, 3.63) is 65.5 Å². The molecule has 1 heterocycles. The van der Waals surface area contributed by atoms with E-state index in [-0.39, 0.29) is 0 Å². The van der Waals surface area contributed by atoms with Crippen LogP contribution < -0.4 is 15.4 Å². The van der Waals surface area contributed by atoms with Gasteiger partial charge in [-0.1, -0.05) is 6.07 Å². The second-order valence-electron chi connectivity index (χ2n) is 7.66. The summed E-state index contributed by atoms with van der Waals surface area (Å²) in [5.41, 5.74) is 3.72. The van der Waals surface area contributed by atoms with Crippen molar-refractivity contribution in [3.8, 4) is 0 Å². The van der Waals surface area contributed by atoms with Crippen LogP contribution in [0, 0.1) is 6.92 Å². The quantitative estimate of drug-likeness (QED) is 0.498. The number of anilines is 4. The van der Waals surface area contributed by atoms with E-state index in [0.29, 0.717) is 22.2 Å². The van der Waals surface area contributed by atoms with Crippen molar-refractivity contribution in [2.75, 3.05) is 21.9 Å². The second-order valence-corrected chi connectivity index (χ2v) is 9.34. The molecule has 1 aliphatic rings. The van der Waals surface area contributed by atoms with Crippen molar-refractivity contribution < 1.29 is 8.42 Å². The summed E-state index contributed by atoms with van der Waals surface area (Å²) in [6, 6.07) is 14.4. The fraction of sp³-hybridized carbons (Fsp3) is 0.304. The average Bonchev–Trinajstić information content (AvgIpc) is 2.74. The Labute approximate surface area is 183 Å². The number of sulfonamides is 1. The minimum atomic E-state index is -3.64. The molecule has 0 fully saturated rings. The summed E-state index contributed by atoms with van der Waals surface area (Å²) in [6.45, 7) is 4.62. The number of nitrogens with one attached hydrogen (secondary N) is 3. The number of nitrogens with zero attached hydrogens (tertiary/aromatic N) is 2. The molecule has 1 aliphatic carbocycles. The molecule has 31 heavy (non-hydrogen) atoms. The van der Waals surface area contributed by atoms with Gasteiger partial charge in [-0.3, -0.25) is 4.72 Å². The van der Waals surface area contributed by atoms with E-state index in [4.69, 9.17) is 0 Å². The lowest BCUT2D eigenvalue weighted by Crippen LogP contribution is -2.14. The van der Waals surface area contributed by atoms with Gasteiger partial charge >= 0.3 is 0 Å². The minimum Gasteiger partial charge on any atom is -0.370 e. The summed E-state index contributed by atoms with van der Waals surface area (Å²) >= 11 is 0. The predicted molar refractivity (Wildman–Crippen MR) is 125 cm³/mol. The summed E-state index contributed by atoms with van der Waals surface area (Å²) in [5.74, 6) is 2.09. The number of benzene rings is 2. The average molecular weight is 438 g/mol. The van der Waals surface area contributed by atoms with Crippen LogP contribution in [0.5, 0.6) is 0 Å². The van der Waals surface area contributed by atoms with Crippen molar-refractivity contribution in [2.45, 2.75) is 44.4 Å². The fourth-order valence-electron chi connectivity index (χ4n) is 3.76. The van der Waals surface area contributed by atoms with Crippen LogP contribution in [-0.2, 0) is 22.9 Å². The first-order valence-corrected chi connectivity index (χ1v) is 12.0. The van der Waals surface area contributed by atoms with Gasteiger partial charge in [0.25, 0.3) is 10.0 Å². The van der Waals surface area contributed by atoms with Gasteiger partial charge in [-0.2, -0.15) is 0 Å². The lowest BCUT2D eigenvalue weighted by Gasteiger charge is -2.17. The van der Waals surface area contributed by atoms with Crippen LogP contribution in [0.1, 0.15) is 36.7 Å². The molecule has 0 unspecified atom stereocenters. The normalized spacial score (nSPS) is 13.4. The molecular formula is C23H27N5O2S. The topological polar surface area (TPSA) is 96.0 Å². The van der Waals surface area contributed by atoms with Crippen LogP contribution in [0.4, 0.5) is 23.0 Å². The molecule has 0 aliphatic heterocycles. The van der Waals surface area contributed by atoms with E-state index in [9.17, 15) is 8.42 Å². The predicted octanol–water partition coefficient (Wildman–Crippen LogP) is 4.64. The molecule has 0 atom stereocenters. The highest BCUT2D eigenvalue weighted by Crippen LogP contribution is 2.26. The van der Waals surface area contributed by atoms with E-state index in [1.54, 1.807) is 18.2 Å². The zero-order valence-electron chi connectivity index (χ0n) is 17.8. The maximum absolute atomic E-state index is 12.8. The number of aromatic nitrogens is 2. The molecule has 0 amide bonds. The van der Waals surface area contributed by atoms with Gasteiger partial charge in [-0.15, -0.1) is 0 Å². The molecule has 0 saturated heterocycles. The maximum atomic E-state index is 12.8. The number of fused-ring (bicyclic) bond motifs is 1. The first kappa shape index (κ1) is 21.1. The molecule has 4 rings (SSSR count). The van der Waals surface area contributed by atoms with Crippen molar-refractivity contribution in [1.82, 2.24) is 9.97 Å². The van der Waals surface area contributed by atoms with Gasteiger partial charge in [-0.25, -0.2) is 18.4 Å². The monoisotopic (exact) mass is 437 g/mol. The Hall–Kier alpha value is -3.13. The number of aryl methyl sites for hydroxylation is 3. The molecule has 1 aromatic heterocycles. The van der Waals surface area contributed by atoms with Crippen molar-refractivity contribution >= 4 is 33.0 Å². The maximum Gasteiger partial charge on any atom is 0.261 e. The van der Waals surface area contributed by atoms with Gasteiger partial charge in [0, 0.05) is 24.0 Å². The van der Waals surface area contributed by atoms with Gasteiger partial charge in [0.15, 0.2) is 0 Å². The third kappa shape index (κ3) is 5.14. The number of hydrogen-bond donors (Lipinski definition) is 3. The van der Waals surface area contributed by atoms with Gasteiger partial charge in [-0.05, 0) is 87.1 Å². The highest BCUT2D eigenvalue weighted by Gasteiger charge is 2.18. The Morgan fingerprint density at radius 3 is 2.29 bits per heavy atom. The van der Waals surface area contributed by atoms with E-state index in [1.165, 1.54) is 12.0 Å². The lowest BCUT2D eigenvalue weighted by atomic mass is 9.92. The fourth-order valence-corrected chi connectivity index (χ4v) is 4.87. The molecule has 8 heteroatoms. The Bertz CT molecular complexity index is 1180. The Kier molecular flexibility index (Phi) is 6.08. The van der Waals surface area contributed by atoms with Crippen LogP contribution in [0.25, 0.3) is 0 Å². The molecule has 0 radical (unpaired) electrons. The smallest absolute Gasteiger partial charge is 0.261 e. The molecule has 3 aromatic rings. The van der Waals surface area contributed by atoms with E-state index in [0.717, 1.165) is 42.9 Å².